The van der Waals surface area contributed by atoms with E-state index in [2.05, 4.69) is 22.6 Å². The van der Waals surface area contributed by atoms with Crippen LogP contribution in [0.3, 0.4) is 0 Å². The maximum Gasteiger partial charge on any atom is 0.119 e. The quantitative estimate of drug-likeness (QED) is 0.164. The second kappa shape index (κ2) is 21.7. The molecule has 0 aromatic heterocycles. The lowest BCUT2D eigenvalue weighted by molar-refractivity contribution is -0.0199. The average molecular weight is 542 g/mol. The van der Waals surface area contributed by atoms with Gasteiger partial charge < -0.3 is 37.9 Å². The van der Waals surface area contributed by atoms with E-state index in [1.807, 2.05) is 24.3 Å². The van der Waals surface area contributed by atoms with Gasteiger partial charge in [-0.3, -0.25) is 0 Å². The minimum Gasteiger partial charge on any atom is -0.491 e. The Morgan fingerprint density at radius 3 is 1.20 bits per heavy atom. The summed E-state index contributed by atoms with van der Waals surface area (Å²) in [6.07, 6.45) is 0. The molecule has 1 rings (SSSR count). The second-order valence-electron chi connectivity index (χ2n) is 5.97. The van der Waals surface area contributed by atoms with Crippen LogP contribution < -0.4 is 4.74 Å². The Hall–Kier alpha value is -0.530. The summed E-state index contributed by atoms with van der Waals surface area (Å²) < 4.78 is 44.1. The van der Waals surface area contributed by atoms with Gasteiger partial charge in [0.1, 0.15) is 12.4 Å². The van der Waals surface area contributed by atoms with Gasteiger partial charge in [-0.05, 0) is 46.9 Å². The molecule has 174 valence electrons. The summed E-state index contributed by atoms with van der Waals surface area (Å²) in [4.78, 5) is 0. The lowest BCUT2D eigenvalue weighted by Gasteiger charge is -2.09. The highest BCUT2D eigenvalue weighted by molar-refractivity contribution is 14.1. The van der Waals surface area contributed by atoms with Crippen molar-refractivity contribution in [1.29, 1.82) is 0 Å². The molecule has 9 heteroatoms. The number of hydrogen-bond donors (Lipinski definition) is 0. The fraction of sp³-hybridized carbons (Fsp3) is 0.714. The van der Waals surface area contributed by atoms with E-state index in [1.165, 1.54) is 3.57 Å². The maximum absolute atomic E-state index is 5.58. The Labute approximate surface area is 193 Å². The van der Waals surface area contributed by atoms with E-state index in [1.54, 1.807) is 7.11 Å². The van der Waals surface area contributed by atoms with Gasteiger partial charge in [-0.2, -0.15) is 0 Å². The predicted octanol–water partition coefficient (Wildman–Crippen LogP) is 2.42. The van der Waals surface area contributed by atoms with E-state index in [9.17, 15) is 0 Å². The molecule has 0 fully saturated rings. The first-order valence-corrected chi connectivity index (χ1v) is 11.2. The van der Waals surface area contributed by atoms with Crippen molar-refractivity contribution in [2.24, 2.45) is 0 Å². The lowest BCUT2D eigenvalue weighted by Crippen LogP contribution is -2.15. The van der Waals surface area contributed by atoms with E-state index >= 15 is 0 Å². The number of benzene rings is 1. The number of rotatable bonds is 22. The van der Waals surface area contributed by atoms with Crippen molar-refractivity contribution in [3.63, 3.8) is 0 Å². The molecule has 0 aliphatic heterocycles. The van der Waals surface area contributed by atoms with Crippen molar-refractivity contribution in [1.82, 2.24) is 0 Å². The fourth-order valence-corrected chi connectivity index (χ4v) is 2.45. The van der Waals surface area contributed by atoms with Crippen LogP contribution in [0.15, 0.2) is 24.3 Å². The summed E-state index contributed by atoms with van der Waals surface area (Å²) in [6, 6.07) is 7.92. The molecular weight excluding hydrogens is 507 g/mol. The summed E-state index contributed by atoms with van der Waals surface area (Å²) >= 11 is 2.26. The van der Waals surface area contributed by atoms with E-state index < -0.39 is 0 Å². The van der Waals surface area contributed by atoms with Gasteiger partial charge in [-0.15, -0.1) is 0 Å². The molecule has 30 heavy (non-hydrogen) atoms. The smallest absolute Gasteiger partial charge is 0.119 e. The zero-order valence-corrected chi connectivity index (χ0v) is 20.0. The maximum atomic E-state index is 5.58. The normalized spacial score (nSPS) is 11.1. The summed E-state index contributed by atoms with van der Waals surface area (Å²) in [7, 11) is 1.65. The third kappa shape index (κ3) is 18.3. The standard InChI is InChI=1S/C21H35IO8/c1-23-6-7-24-8-9-25-10-11-26-12-13-27-14-15-28-16-17-29-18-19-30-21-4-2-20(22)3-5-21/h2-5H,6-19H2,1H3. The summed E-state index contributed by atoms with van der Waals surface area (Å²) in [5.41, 5.74) is 0. The highest BCUT2D eigenvalue weighted by Crippen LogP contribution is 2.13. The molecule has 0 spiro atoms. The molecule has 0 saturated carbocycles. The van der Waals surface area contributed by atoms with Crippen LogP contribution in [0.4, 0.5) is 0 Å². The number of ether oxygens (including phenoxy) is 8. The molecule has 0 unspecified atom stereocenters. The van der Waals surface area contributed by atoms with Gasteiger partial charge in [0.25, 0.3) is 0 Å². The summed E-state index contributed by atoms with van der Waals surface area (Å²) in [6.45, 7) is 7.70. The third-order valence-electron chi connectivity index (χ3n) is 3.60. The lowest BCUT2D eigenvalue weighted by atomic mass is 10.3. The Morgan fingerprint density at radius 1 is 0.500 bits per heavy atom. The van der Waals surface area contributed by atoms with Gasteiger partial charge >= 0.3 is 0 Å². The molecule has 1 aromatic carbocycles. The van der Waals surface area contributed by atoms with Crippen molar-refractivity contribution in [2.75, 3.05) is 99.6 Å². The van der Waals surface area contributed by atoms with Crippen LogP contribution in [0.25, 0.3) is 0 Å². The molecule has 0 N–H and O–H groups in total. The molecule has 0 atom stereocenters. The van der Waals surface area contributed by atoms with E-state index in [4.69, 9.17) is 37.9 Å². The third-order valence-corrected chi connectivity index (χ3v) is 4.32. The molecular formula is C21H35IO8. The van der Waals surface area contributed by atoms with E-state index in [0.29, 0.717) is 92.5 Å². The molecule has 1 aromatic rings. The van der Waals surface area contributed by atoms with Crippen LogP contribution >= 0.6 is 22.6 Å². The van der Waals surface area contributed by atoms with Crippen LogP contribution in [-0.4, -0.2) is 99.6 Å². The van der Waals surface area contributed by atoms with Crippen LogP contribution in [0.2, 0.25) is 0 Å². The molecule has 0 heterocycles. The minimum absolute atomic E-state index is 0.525. The van der Waals surface area contributed by atoms with E-state index in [0.717, 1.165) is 5.75 Å². The Bertz CT molecular complexity index is 475. The van der Waals surface area contributed by atoms with Crippen LogP contribution in [0.1, 0.15) is 0 Å². The zero-order chi connectivity index (χ0) is 21.5. The fourth-order valence-electron chi connectivity index (χ4n) is 2.09. The molecule has 0 radical (unpaired) electrons. The molecule has 0 amide bonds. The predicted molar refractivity (Wildman–Crippen MR) is 121 cm³/mol. The van der Waals surface area contributed by atoms with Crippen molar-refractivity contribution in [3.05, 3.63) is 27.8 Å². The number of methoxy groups -OCH3 is 1. The van der Waals surface area contributed by atoms with Gasteiger partial charge in [-0.25, -0.2) is 0 Å². The van der Waals surface area contributed by atoms with Crippen molar-refractivity contribution in [2.45, 2.75) is 0 Å². The molecule has 8 nitrogen and oxygen atoms in total. The van der Waals surface area contributed by atoms with Crippen molar-refractivity contribution < 1.29 is 37.9 Å². The van der Waals surface area contributed by atoms with Gasteiger partial charge in [0.05, 0.1) is 85.9 Å². The van der Waals surface area contributed by atoms with Crippen LogP contribution in [0, 0.1) is 3.57 Å². The van der Waals surface area contributed by atoms with Gasteiger partial charge in [0.2, 0.25) is 0 Å². The monoisotopic (exact) mass is 542 g/mol. The van der Waals surface area contributed by atoms with Crippen LogP contribution in [-0.2, 0) is 33.2 Å². The molecule has 0 aliphatic carbocycles. The molecule has 0 saturated heterocycles. The Kier molecular flexibility index (Phi) is 19.9. The first-order chi connectivity index (χ1) is 14.8. The Morgan fingerprint density at radius 2 is 0.833 bits per heavy atom. The topological polar surface area (TPSA) is 73.8 Å². The van der Waals surface area contributed by atoms with E-state index in [-0.39, 0.29) is 0 Å². The first kappa shape index (κ1) is 27.5. The van der Waals surface area contributed by atoms with Gasteiger partial charge in [0, 0.05) is 10.7 Å². The number of hydrogen-bond acceptors (Lipinski definition) is 8. The molecule has 0 bridgehead atoms. The minimum atomic E-state index is 0.525. The highest BCUT2D eigenvalue weighted by Gasteiger charge is 1.96. The van der Waals surface area contributed by atoms with Crippen molar-refractivity contribution in [3.8, 4) is 5.75 Å². The summed E-state index contributed by atoms with van der Waals surface area (Å²) in [5, 5.41) is 0. The van der Waals surface area contributed by atoms with Gasteiger partial charge in [-0.1, -0.05) is 0 Å². The van der Waals surface area contributed by atoms with Crippen molar-refractivity contribution >= 4 is 22.6 Å². The molecule has 0 aliphatic rings. The summed E-state index contributed by atoms with van der Waals surface area (Å²) in [5.74, 6) is 0.854. The largest absolute Gasteiger partial charge is 0.491 e. The number of halogens is 1. The SMILES string of the molecule is COCCOCCOCCOCCOCCOCCOCCOc1ccc(I)cc1. The second-order valence-corrected chi connectivity index (χ2v) is 7.22. The first-order valence-electron chi connectivity index (χ1n) is 10.2. The van der Waals surface area contributed by atoms with Crippen LogP contribution in [0.5, 0.6) is 5.75 Å². The Balaban J connectivity index is 1.68. The zero-order valence-electron chi connectivity index (χ0n) is 17.9. The van der Waals surface area contributed by atoms with Gasteiger partial charge in [0.15, 0.2) is 0 Å². The highest BCUT2D eigenvalue weighted by atomic mass is 127. The average Bonchev–Trinajstić information content (AvgIpc) is 2.76.